The van der Waals surface area contributed by atoms with E-state index in [-0.39, 0.29) is 11.1 Å². The summed E-state index contributed by atoms with van der Waals surface area (Å²) in [5.74, 6) is 2.69. The van der Waals surface area contributed by atoms with Gasteiger partial charge in [0.25, 0.3) is 0 Å². The highest BCUT2D eigenvalue weighted by Gasteiger charge is 2.38. The maximum atomic E-state index is 10.4. The van der Waals surface area contributed by atoms with Crippen molar-refractivity contribution >= 4 is 14.6 Å². The van der Waals surface area contributed by atoms with Gasteiger partial charge in [0.1, 0.15) is 6.29 Å². The normalized spacial score (nSPS) is 14.9. The lowest BCUT2D eigenvalue weighted by Crippen LogP contribution is -2.43. The summed E-state index contributed by atoms with van der Waals surface area (Å²) in [4.78, 5) is 10.4. The molecule has 0 radical (unpaired) electrons. The van der Waals surface area contributed by atoms with E-state index in [0.717, 1.165) is 12.7 Å². The van der Waals surface area contributed by atoms with Gasteiger partial charge < -0.3 is 9.22 Å². The second-order valence-corrected chi connectivity index (χ2v) is 11.3. The van der Waals surface area contributed by atoms with Crippen LogP contribution in [0.1, 0.15) is 47.0 Å². The van der Waals surface area contributed by atoms with E-state index in [9.17, 15) is 4.79 Å². The van der Waals surface area contributed by atoms with Crippen LogP contribution in [0.2, 0.25) is 18.1 Å². The molecule has 0 rings (SSSR count). The SMILES string of the molecule is C#CCC(/C=C(/C)CCC=O)O[Si](C)(C)C(C)(C)C. The zero-order valence-corrected chi connectivity index (χ0v) is 14.2. The summed E-state index contributed by atoms with van der Waals surface area (Å²) in [6, 6.07) is 0. The first-order valence-corrected chi connectivity index (χ1v) is 9.77. The highest BCUT2D eigenvalue weighted by atomic mass is 28.4. The smallest absolute Gasteiger partial charge is 0.192 e. The van der Waals surface area contributed by atoms with Crippen LogP contribution in [0.4, 0.5) is 0 Å². The Morgan fingerprint density at radius 3 is 2.42 bits per heavy atom. The van der Waals surface area contributed by atoms with Gasteiger partial charge in [-0.3, -0.25) is 0 Å². The Hall–Kier alpha value is -0.853. The minimum atomic E-state index is -1.81. The first kappa shape index (κ1) is 18.1. The molecule has 0 aromatic rings. The van der Waals surface area contributed by atoms with Crippen LogP contribution >= 0.6 is 0 Å². The van der Waals surface area contributed by atoms with Crippen LogP contribution in [0.5, 0.6) is 0 Å². The van der Waals surface area contributed by atoms with Crippen molar-refractivity contribution in [1.82, 2.24) is 0 Å². The fourth-order valence-electron chi connectivity index (χ4n) is 1.49. The molecule has 0 N–H and O–H groups in total. The van der Waals surface area contributed by atoms with Crippen LogP contribution in [0.15, 0.2) is 11.6 Å². The lowest BCUT2D eigenvalue weighted by atomic mass is 10.1. The molecule has 2 nitrogen and oxygen atoms in total. The van der Waals surface area contributed by atoms with Gasteiger partial charge in [0.2, 0.25) is 0 Å². The van der Waals surface area contributed by atoms with Crippen molar-refractivity contribution < 1.29 is 9.22 Å². The number of aldehydes is 1. The van der Waals surface area contributed by atoms with Crippen molar-refractivity contribution in [3.63, 3.8) is 0 Å². The summed E-state index contributed by atoms with van der Waals surface area (Å²) in [6.07, 6.45) is 10.4. The first-order chi connectivity index (χ1) is 8.64. The maximum absolute atomic E-state index is 10.4. The topological polar surface area (TPSA) is 26.3 Å². The van der Waals surface area contributed by atoms with Crippen LogP contribution in [0.25, 0.3) is 0 Å². The van der Waals surface area contributed by atoms with Crippen LogP contribution in [0.3, 0.4) is 0 Å². The predicted molar refractivity (Wildman–Crippen MR) is 84.6 cm³/mol. The molecule has 0 bridgehead atoms. The Morgan fingerprint density at radius 2 is 2.00 bits per heavy atom. The number of hydrogen-bond donors (Lipinski definition) is 0. The lowest BCUT2D eigenvalue weighted by molar-refractivity contribution is -0.107. The quantitative estimate of drug-likeness (QED) is 0.300. The second kappa shape index (κ2) is 7.67. The van der Waals surface area contributed by atoms with Gasteiger partial charge in [0, 0.05) is 12.8 Å². The number of carbonyl (C=O) groups is 1. The molecule has 0 heterocycles. The Bertz CT molecular complexity index is 356. The van der Waals surface area contributed by atoms with Crippen molar-refractivity contribution in [3.05, 3.63) is 11.6 Å². The third-order valence-electron chi connectivity index (χ3n) is 3.70. The molecule has 108 valence electrons. The Balaban J connectivity index is 4.85. The van der Waals surface area contributed by atoms with Gasteiger partial charge in [0.05, 0.1) is 6.10 Å². The fraction of sp³-hybridized carbons (Fsp3) is 0.688. The molecule has 0 aromatic heterocycles. The van der Waals surface area contributed by atoms with Gasteiger partial charge >= 0.3 is 0 Å². The third kappa shape index (κ3) is 6.75. The first-order valence-electron chi connectivity index (χ1n) is 6.86. The summed E-state index contributed by atoms with van der Waals surface area (Å²) in [6.45, 7) is 13.1. The van der Waals surface area contributed by atoms with Gasteiger partial charge in [-0.05, 0) is 31.5 Å². The van der Waals surface area contributed by atoms with Crippen LogP contribution < -0.4 is 0 Å². The van der Waals surface area contributed by atoms with Crippen molar-refractivity contribution in [1.29, 1.82) is 0 Å². The third-order valence-corrected chi connectivity index (χ3v) is 8.20. The Labute approximate surface area is 119 Å². The van der Waals surface area contributed by atoms with Crippen LogP contribution in [-0.4, -0.2) is 20.7 Å². The number of carbonyl (C=O) groups excluding carboxylic acids is 1. The zero-order valence-electron chi connectivity index (χ0n) is 13.2. The molecule has 1 unspecified atom stereocenters. The van der Waals surface area contributed by atoms with E-state index in [2.05, 4.69) is 45.9 Å². The molecular weight excluding hydrogens is 252 g/mol. The van der Waals surface area contributed by atoms with Gasteiger partial charge in [-0.1, -0.05) is 32.4 Å². The molecule has 0 saturated carbocycles. The van der Waals surface area contributed by atoms with Gasteiger partial charge in [0.15, 0.2) is 8.32 Å². The molecule has 3 heteroatoms. The summed E-state index contributed by atoms with van der Waals surface area (Å²) in [7, 11) is -1.81. The number of allylic oxidation sites excluding steroid dienone is 1. The van der Waals surface area contributed by atoms with Crippen molar-refractivity contribution in [3.8, 4) is 12.3 Å². The Morgan fingerprint density at radius 1 is 1.42 bits per heavy atom. The summed E-state index contributed by atoms with van der Waals surface area (Å²) >= 11 is 0. The molecule has 0 saturated heterocycles. The molecule has 1 atom stereocenters. The fourth-order valence-corrected chi connectivity index (χ4v) is 2.76. The van der Waals surface area contributed by atoms with Crippen LogP contribution in [-0.2, 0) is 9.22 Å². The largest absolute Gasteiger partial charge is 0.410 e. The molecule has 0 aromatic carbocycles. The van der Waals surface area contributed by atoms with E-state index in [1.54, 1.807) is 0 Å². The van der Waals surface area contributed by atoms with E-state index in [1.807, 2.05) is 6.92 Å². The second-order valence-electron chi connectivity index (χ2n) is 6.54. The van der Waals surface area contributed by atoms with Gasteiger partial charge in [-0.2, -0.15) is 0 Å². The predicted octanol–water partition coefficient (Wildman–Crippen LogP) is 4.33. The van der Waals surface area contributed by atoms with E-state index < -0.39 is 8.32 Å². The zero-order chi connectivity index (χ0) is 15.1. The average molecular weight is 280 g/mol. The van der Waals surface area contributed by atoms with E-state index >= 15 is 0 Å². The molecule has 0 aliphatic heterocycles. The minimum Gasteiger partial charge on any atom is -0.410 e. The average Bonchev–Trinajstić information content (AvgIpc) is 2.24. The van der Waals surface area contributed by atoms with E-state index in [0.29, 0.717) is 12.8 Å². The molecule has 0 fully saturated rings. The molecule has 19 heavy (non-hydrogen) atoms. The molecule has 0 aliphatic carbocycles. The van der Waals surface area contributed by atoms with Gasteiger partial charge in [-0.25, -0.2) is 0 Å². The Kier molecular flexibility index (Phi) is 7.32. The maximum Gasteiger partial charge on any atom is 0.192 e. The number of terminal acetylenes is 1. The monoisotopic (exact) mass is 280 g/mol. The van der Waals surface area contributed by atoms with E-state index in [4.69, 9.17) is 10.8 Å². The standard InChI is InChI=1S/C16H28O2Si/c1-8-10-15(13-14(2)11-9-12-17)18-19(6,7)16(3,4)5/h1,12-13,15H,9-11H2,2-7H3/b14-13-. The highest BCUT2D eigenvalue weighted by Crippen LogP contribution is 2.37. The lowest BCUT2D eigenvalue weighted by Gasteiger charge is -2.38. The summed E-state index contributed by atoms with van der Waals surface area (Å²) < 4.78 is 6.33. The molecule has 0 spiro atoms. The van der Waals surface area contributed by atoms with Crippen molar-refractivity contribution in [2.24, 2.45) is 0 Å². The summed E-state index contributed by atoms with van der Waals surface area (Å²) in [5.41, 5.74) is 1.17. The van der Waals surface area contributed by atoms with Crippen LogP contribution in [0, 0.1) is 12.3 Å². The number of rotatable bonds is 7. The summed E-state index contributed by atoms with van der Waals surface area (Å²) in [5, 5.41) is 0.171. The van der Waals surface area contributed by atoms with Gasteiger partial charge in [-0.15, -0.1) is 12.3 Å². The minimum absolute atomic E-state index is 0.0301. The van der Waals surface area contributed by atoms with Crippen molar-refractivity contribution in [2.45, 2.75) is 71.2 Å². The van der Waals surface area contributed by atoms with Crippen molar-refractivity contribution in [2.75, 3.05) is 0 Å². The molecule has 0 amide bonds. The highest BCUT2D eigenvalue weighted by molar-refractivity contribution is 6.74. The molecule has 0 aliphatic rings. The molecular formula is C16H28O2Si. The number of hydrogen-bond acceptors (Lipinski definition) is 2. The van der Waals surface area contributed by atoms with E-state index in [1.165, 1.54) is 5.57 Å².